The molecule has 0 atom stereocenters. The Morgan fingerprint density at radius 1 is 1.16 bits per heavy atom. The number of ether oxygens (including phenoxy) is 1. The third kappa shape index (κ3) is 6.99. The number of nitrogens with zero attached hydrogens (tertiary/aromatic N) is 1. The van der Waals surface area contributed by atoms with E-state index >= 15 is 0 Å². The number of carbonyl (C=O) groups excluding carboxylic acids is 4. The predicted molar refractivity (Wildman–Crippen MR) is 64.7 cm³/mol. The van der Waals surface area contributed by atoms with Gasteiger partial charge in [-0.15, -0.1) is 0 Å². The van der Waals surface area contributed by atoms with Crippen LogP contribution in [-0.4, -0.2) is 68.9 Å². The second kappa shape index (κ2) is 8.86. The van der Waals surface area contributed by atoms with Gasteiger partial charge in [-0.25, -0.2) is 0 Å². The normalized spacial score (nSPS) is 9.42. The van der Waals surface area contributed by atoms with Crippen LogP contribution < -0.4 is 16.4 Å². The Labute approximate surface area is 110 Å². The van der Waals surface area contributed by atoms with Crippen molar-refractivity contribution in [1.82, 2.24) is 15.5 Å². The van der Waals surface area contributed by atoms with E-state index in [9.17, 15) is 19.2 Å². The minimum atomic E-state index is -0.664. The molecule has 4 N–H and O–H groups in total. The molecule has 0 aliphatic carbocycles. The smallest absolute Gasteiger partial charge is 0.325 e. The topological polar surface area (TPSA) is 131 Å². The van der Waals surface area contributed by atoms with Crippen molar-refractivity contribution in [3.63, 3.8) is 0 Å². The first-order chi connectivity index (χ1) is 8.94. The molecule has 9 heteroatoms. The summed E-state index contributed by atoms with van der Waals surface area (Å²) < 4.78 is 4.42. The van der Waals surface area contributed by atoms with Crippen LogP contribution in [0.25, 0.3) is 0 Å². The third-order valence-corrected chi connectivity index (χ3v) is 2.14. The quantitative estimate of drug-likeness (QED) is 0.419. The van der Waals surface area contributed by atoms with Gasteiger partial charge in [0.2, 0.25) is 17.7 Å². The molecular formula is C10H18N4O5. The fourth-order valence-electron chi connectivity index (χ4n) is 1.06. The molecule has 9 nitrogen and oxygen atoms in total. The highest BCUT2D eigenvalue weighted by atomic mass is 16.5. The molecule has 0 aromatic rings. The van der Waals surface area contributed by atoms with Gasteiger partial charge in [0.05, 0.1) is 20.2 Å². The Hall–Kier alpha value is -2.16. The van der Waals surface area contributed by atoms with E-state index in [1.54, 1.807) is 0 Å². The van der Waals surface area contributed by atoms with E-state index in [1.165, 1.54) is 14.2 Å². The number of rotatable bonds is 7. The van der Waals surface area contributed by atoms with E-state index in [4.69, 9.17) is 5.73 Å². The SMILES string of the molecule is CNC(=O)CN(CC(=O)OC)C(=O)CNC(=O)CN. The number of nitrogens with one attached hydrogen (secondary N) is 2. The van der Waals surface area contributed by atoms with Crippen LogP contribution in [0, 0.1) is 0 Å². The van der Waals surface area contributed by atoms with Crippen LogP contribution in [0.15, 0.2) is 0 Å². The molecule has 0 saturated heterocycles. The Morgan fingerprint density at radius 2 is 1.79 bits per heavy atom. The molecule has 0 aliphatic rings. The highest BCUT2D eigenvalue weighted by Crippen LogP contribution is 1.91. The molecule has 0 fully saturated rings. The van der Waals surface area contributed by atoms with Gasteiger partial charge >= 0.3 is 5.97 Å². The van der Waals surface area contributed by atoms with Gasteiger partial charge in [-0.2, -0.15) is 0 Å². The van der Waals surface area contributed by atoms with Crippen LogP contribution in [-0.2, 0) is 23.9 Å². The number of amides is 3. The van der Waals surface area contributed by atoms with Crippen LogP contribution >= 0.6 is 0 Å². The second-order valence-electron chi connectivity index (χ2n) is 3.48. The van der Waals surface area contributed by atoms with E-state index in [0.717, 1.165) is 4.90 Å². The molecule has 0 radical (unpaired) electrons. The molecule has 19 heavy (non-hydrogen) atoms. The minimum Gasteiger partial charge on any atom is -0.468 e. The average Bonchev–Trinajstić information content (AvgIpc) is 2.42. The zero-order valence-corrected chi connectivity index (χ0v) is 10.9. The number of nitrogens with two attached hydrogens (primary N) is 1. The molecular weight excluding hydrogens is 256 g/mol. The molecule has 108 valence electrons. The maximum absolute atomic E-state index is 11.7. The van der Waals surface area contributed by atoms with E-state index in [-0.39, 0.29) is 26.2 Å². The summed E-state index contributed by atoms with van der Waals surface area (Å²) in [5.74, 6) is -2.20. The van der Waals surface area contributed by atoms with Gasteiger partial charge in [0.25, 0.3) is 0 Å². The van der Waals surface area contributed by atoms with E-state index in [1.807, 2.05) is 0 Å². The van der Waals surface area contributed by atoms with Gasteiger partial charge in [0, 0.05) is 7.05 Å². The fourth-order valence-corrected chi connectivity index (χ4v) is 1.06. The standard InChI is InChI=1S/C10H18N4O5/c1-12-8(16)5-14(6-10(18)19-2)9(17)4-13-7(15)3-11/h3-6,11H2,1-2H3,(H,12,16)(H,13,15). The molecule has 0 rings (SSSR count). The van der Waals surface area contributed by atoms with Crippen LogP contribution in [0.3, 0.4) is 0 Å². The zero-order chi connectivity index (χ0) is 14.8. The van der Waals surface area contributed by atoms with Crippen molar-refractivity contribution in [2.24, 2.45) is 5.73 Å². The van der Waals surface area contributed by atoms with Crippen LogP contribution in [0.4, 0.5) is 0 Å². The summed E-state index contributed by atoms with van der Waals surface area (Å²) in [7, 11) is 2.57. The van der Waals surface area contributed by atoms with Gasteiger partial charge in [-0.3, -0.25) is 19.2 Å². The van der Waals surface area contributed by atoms with Crippen LogP contribution in [0.1, 0.15) is 0 Å². The van der Waals surface area contributed by atoms with E-state index < -0.39 is 23.7 Å². The largest absolute Gasteiger partial charge is 0.468 e. The van der Waals surface area contributed by atoms with Crippen molar-refractivity contribution in [3.8, 4) is 0 Å². The van der Waals surface area contributed by atoms with Gasteiger partial charge in [0.15, 0.2) is 0 Å². The summed E-state index contributed by atoms with van der Waals surface area (Å²) in [6, 6.07) is 0. The van der Waals surface area contributed by atoms with Gasteiger partial charge in [0.1, 0.15) is 13.1 Å². The zero-order valence-electron chi connectivity index (χ0n) is 10.9. The van der Waals surface area contributed by atoms with Crippen molar-refractivity contribution >= 4 is 23.7 Å². The minimum absolute atomic E-state index is 0.250. The Kier molecular flexibility index (Phi) is 7.85. The Balaban J connectivity index is 4.53. The molecule has 0 spiro atoms. The lowest BCUT2D eigenvalue weighted by molar-refractivity contribution is -0.147. The predicted octanol–water partition coefficient (Wildman–Crippen LogP) is -3.19. The number of hydrogen-bond donors (Lipinski definition) is 3. The first kappa shape index (κ1) is 16.8. The molecule has 0 bridgehead atoms. The summed E-state index contributed by atoms with van der Waals surface area (Å²) in [6.45, 7) is -1.27. The number of methoxy groups -OCH3 is 1. The lowest BCUT2D eigenvalue weighted by atomic mass is 10.4. The molecule has 0 saturated carbocycles. The monoisotopic (exact) mass is 274 g/mol. The molecule has 0 heterocycles. The summed E-state index contributed by atoms with van der Waals surface area (Å²) >= 11 is 0. The number of carbonyl (C=O) groups is 4. The highest BCUT2D eigenvalue weighted by Gasteiger charge is 2.20. The maximum atomic E-state index is 11.7. The maximum Gasteiger partial charge on any atom is 0.325 e. The van der Waals surface area contributed by atoms with E-state index in [0.29, 0.717) is 0 Å². The summed E-state index contributed by atoms with van der Waals surface area (Å²) in [5, 5.41) is 4.58. The summed E-state index contributed by atoms with van der Waals surface area (Å²) in [5.41, 5.74) is 5.06. The molecule has 0 aromatic carbocycles. The highest BCUT2D eigenvalue weighted by molar-refractivity contribution is 5.90. The lowest BCUT2D eigenvalue weighted by Gasteiger charge is -2.20. The van der Waals surface area contributed by atoms with Crippen molar-refractivity contribution < 1.29 is 23.9 Å². The van der Waals surface area contributed by atoms with Crippen molar-refractivity contribution in [3.05, 3.63) is 0 Å². The first-order valence-corrected chi connectivity index (χ1v) is 5.46. The Morgan fingerprint density at radius 3 is 2.26 bits per heavy atom. The molecule has 3 amide bonds. The van der Waals surface area contributed by atoms with Gasteiger partial charge in [-0.1, -0.05) is 0 Å². The third-order valence-electron chi connectivity index (χ3n) is 2.14. The molecule has 0 aliphatic heterocycles. The summed E-state index contributed by atoms with van der Waals surface area (Å²) in [4.78, 5) is 46.0. The number of esters is 1. The molecule has 0 unspecified atom stereocenters. The van der Waals surface area contributed by atoms with Gasteiger partial charge in [-0.05, 0) is 0 Å². The van der Waals surface area contributed by atoms with Gasteiger partial charge < -0.3 is 26.0 Å². The van der Waals surface area contributed by atoms with E-state index in [2.05, 4.69) is 15.4 Å². The molecule has 0 aromatic heterocycles. The van der Waals surface area contributed by atoms with Crippen LogP contribution in [0.2, 0.25) is 0 Å². The van der Waals surface area contributed by atoms with Crippen molar-refractivity contribution in [2.75, 3.05) is 40.3 Å². The number of hydrogen-bond acceptors (Lipinski definition) is 6. The summed E-state index contributed by atoms with van der Waals surface area (Å²) in [6.07, 6.45) is 0. The first-order valence-electron chi connectivity index (χ1n) is 5.46. The van der Waals surface area contributed by atoms with Crippen molar-refractivity contribution in [2.45, 2.75) is 0 Å². The lowest BCUT2D eigenvalue weighted by Crippen LogP contribution is -2.47. The average molecular weight is 274 g/mol. The number of likely N-dealkylation sites (N-methyl/N-ethyl adjacent to an activating group) is 1. The fraction of sp³-hybridized carbons (Fsp3) is 0.600. The van der Waals surface area contributed by atoms with Crippen molar-refractivity contribution in [1.29, 1.82) is 0 Å². The Bertz CT molecular complexity index is 340. The second-order valence-corrected chi connectivity index (χ2v) is 3.48. The van der Waals surface area contributed by atoms with Crippen LogP contribution in [0.5, 0.6) is 0 Å².